The number of carbonyl (C=O) groups excluding carboxylic acids is 1. The second-order valence-electron chi connectivity index (χ2n) is 5.62. The largest absolute Gasteiger partial charge is 0.478 e. The van der Waals surface area contributed by atoms with Crippen LogP contribution in [0.25, 0.3) is 0 Å². The lowest BCUT2D eigenvalue weighted by Gasteiger charge is -2.26. The predicted octanol–water partition coefficient (Wildman–Crippen LogP) is 3.97. The maximum Gasteiger partial charge on any atom is 0.265 e. The molecule has 0 fully saturated rings. The summed E-state index contributed by atoms with van der Waals surface area (Å²) < 4.78 is 33.7. The van der Waals surface area contributed by atoms with Gasteiger partial charge in [-0.25, -0.2) is 8.42 Å². The fraction of sp³-hybridized carbons (Fsp3) is 0.235. The van der Waals surface area contributed by atoms with Crippen LogP contribution in [0, 0.1) is 0 Å². The smallest absolute Gasteiger partial charge is 0.265 e. The van der Waals surface area contributed by atoms with E-state index in [1.165, 1.54) is 23.9 Å². The maximum atomic E-state index is 12.8. The van der Waals surface area contributed by atoms with Gasteiger partial charge < -0.3 is 10.1 Å². The van der Waals surface area contributed by atoms with E-state index >= 15 is 0 Å². The molecule has 1 unspecified atom stereocenters. The minimum Gasteiger partial charge on any atom is -0.478 e. The van der Waals surface area contributed by atoms with Gasteiger partial charge in [0.25, 0.3) is 15.9 Å². The summed E-state index contributed by atoms with van der Waals surface area (Å²) in [5.74, 6) is -0.00207. The number of hydrogen-bond donors (Lipinski definition) is 2. The van der Waals surface area contributed by atoms with Crippen LogP contribution in [0.5, 0.6) is 5.75 Å². The van der Waals surface area contributed by atoms with E-state index in [0.29, 0.717) is 17.8 Å². The van der Waals surface area contributed by atoms with Crippen LogP contribution in [0.2, 0.25) is 5.02 Å². The Balaban J connectivity index is 1.96. The van der Waals surface area contributed by atoms with Crippen molar-refractivity contribution in [1.29, 1.82) is 0 Å². The van der Waals surface area contributed by atoms with E-state index in [1.807, 2.05) is 19.2 Å². The molecule has 2 N–H and O–H groups in total. The molecule has 0 bridgehead atoms. The maximum absolute atomic E-state index is 12.8. The summed E-state index contributed by atoms with van der Waals surface area (Å²) in [6, 6.07) is 9.76. The number of amides is 1. The Hall–Kier alpha value is -1.90. The summed E-state index contributed by atoms with van der Waals surface area (Å²) in [7, 11) is -3.92. The van der Waals surface area contributed by atoms with Gasteiger partial charge in [-0.3, -0.25) is 9.52 Å². The summed E-state index contributed by atoms with van der Waals surface area (Å²) in [6.45, 7) is 1.81. The van der Waals surface area contributed by atoms with Crippen LogP contribution in [-0.4, -0.2) is 26.7 Å². The molecule has 1 heterocycles. The van der Waals surface area contributed by atoms with E-state index in [9.17, 15) is 13.2 Å². The van der Waals surface area contributed by atoms with Gasteiger partial charge in [-0.15, -0.1) is 11.8 Å². The second-order valence-corrected chi connectivity index (χ2v) is 8.56. The van der Waals surface area contributed by atoms with Gasteiger partial charge >= 0.3 is 0 Å². The number of halogens is 1. The standard InChI is InChI=1S/C17H17ClN2O4S2/c1-3-14-17(21)19-13-8-12(18)16(9-15(13)24-14)26(22,23)20-10-5-4-6-11(7-10)25-2/h4-9,14,20H,3H2,1-2H3,(H,19,21). The van der Waals surface area contributed by atoms with Gasteiger partial charge in [-0.05, 0) is 36.9 Å². The van der Waals surface area contributed by atoms with Crippen LogP contribution >= 0.6 is 23.4 Å². The van der Waals surface area contributed by atoms with E-state index in [4.69, 9.17) is 16.3 Å². The molecule has 0 spiro atoms. The Labute approximate surface area is 161 Å². The predicted molar refractivity (Wildman–Crippen MR) is 104 cm³/mol. The van der Waals surface area contributed by atoms with Crippen molar-refractivity contribution in [2.24, 2.45) is 0 Å². The lowest BCUT2D eigenvalue weighted by Crippen LogP contribution is -2.36. The molecule has 1 aliphatic heterocycles. The van der Waals surface area contributed by atoms with Gasteiger partial charge in [-0.1, -0.05) is 24.6 Å². The van der Waals surface area contributed by atoms with Crippen molar-refractivity contribution in [3.8, 4) is 5.75 Å². The average molecular weight is 413 g/mol. The first kappa shape index (κ1) is 18.9. The zero-order valence-corrected chi connectivity index (χ0v) is 16.5. The van der Waals surface area contributed by atoms with Crippen LogP contribution in [0.4, 0.5) is 11.4 Å². The molecule has 0 saturated carbocycles. The van der Waals surface area contributed by atoms with E-state index in [0.717, 1.165) is 4.90 Å². The number of hydrogen-bond acceptors (Lipinski definition) is 5. The molecule has 0 aliphatic carbocycles. The molecule has 9 heteroatoms. The van der Waals surface area contributed by atoms with Gasteiger partial charge in [0.05, 0.1) is 10.7 Å². The van der Waals surface area contributed by atoms with E-state index in [-0.39, 0.29) is 21.6 Å². The Bertz CT molecular complexity index is 963. The number of sulfonamides is 1. The molecule has 0 saturated heterocycles. The normalized spacial score (nSPS) is 16.4. The summed E-state index contributed by atoms with van der Waals surface area (Å²) in [6.07, 6.45) is 1.71. The Morgan fingerprint density at radius 3 is 2.77 bits per heavy atom. The molecule has 1 atom stereocenters. The van der Waals surface area contributed by atoms with E-state index < -0.39 is 16.1 Å². The van der Waals surface area contributed by atoms with Gasteiger partial charge in [0.2, 0.25) is 0 Å². The number of fused-ring (bicyclic) bond motifs is 1. The molecule has 1 aliphatic rings. The fourth-order valence-corrected chi connectivity index (χ4v) is 4.57. The first-order valence-electron chi connectivity index (χ1n) is 7.82. The van der Waals surface area contributed by atoms with Crippen molar-refractivity contribution in [2.75, 3.05) is 16.3 Å². The number of benzene rings is 2. The Kier molecular flexibility index (Phi) is 5.36. The summed E-state index contributed by atoms with van der Waals surface area (Å²) in [4.78, 5) is 12.7. The lowest BCUT2D eigenvalue weighted by atomic mass is 10.2. The van der Waals surface area contributed by atoms with Crippen LogP contribution in [0.15, 0.2) is 46.2 Å². The first-order chi connectivity index (χ1) is 12.3. The molecule has 2 aromatic carbocycles. The number of anilines is 2. The van der Waals surface area contributed by atoms with Crippen LogP contribution < -0.4 is 14.8 Å². The van der Waals surface area contributed by atoms with Crippen molar-refractivity contribution in [3.63, 3.8) is 0 Å². The van der Waals surface area contributed by atoms with Crippen molar-refractivity contribution >= 4 is 50.7 Å². The molecule has 138 valence electrons. The van der Waals surface area contributed by atoms with Crippen LogP contribution in [0.3, 0.4) is 0 Å². The highest BCUT2D eigenvalue weighted by Gasteiger charge is 2.29. The Morgan fingerprint density at radius 1 is 1.31 bits per heavy atom. The zero-order chi connectivity index (χ0) is 18.9. The third-order valence-corrected chi connectivity index (χ3v) is 6.41. The van der Waals surface area contributed by atoms with Crippen LogP contribution in [-0.2, 0) is 14.8 Å². The topological polar surface area (TPSA) is 84.5 Å². The summed E-state index contributed by atoms with van der Waals surface area (Å²) >= 11 is 7.67. The minimum atomic E-state index is -3.92. The molecule has 6 nitrogen and oxygen atoms in total. The molecule has 2 aromatic rings. The van der Waals surface area contributed by atoms with Gasteiger partial charge in [0.15, 0.2) is 6.10 Å². The highest BCUT2D eigenvalue weighted by molar-refractivity contribution is 7.98. The zero-order valence-electron chi connectivity index (χ0n) is 14.1. The van der Waals surface area contributed by atoms with E-state index in [2.05, 4.69) is 10.0 Å². The van der Waals surface area contributed by atoms with Crippen molar-refractivity contribution in [1.82, 2.24) is 0 Å². The molecular formula is C17H17ClN2O4S2. The number of ether oxygens (including phenoxy) is 1. The monoisotopic (exact) mass is 412 g/mol. The van der Waals surface area contributed by atoms with Crippen molar-refractivity contribution in [3.05, 3.63) is 41.4 Å². The van der Waals surface area contributed by atoms with Gasteiger partial charge in [0, 0.05) is 16.6 Å². The first-order valence-corrected chi connectivity index (χ1v) is 10.9. The van der Waals surface area contributed by atoms with Gasteiger partial charge in [0.1, 0.15) is 10.6 Å². The molecule has 3 rings (SSSR count). The highest BCUT2D eigenvalue weighted by Crippen LogP contribution is 2.37. The fourth-order valence-electron chi connectivity index (χ4n) is 2.52. The highest BCUT2D eigenvalue weighted by atomic mass is 35.5. The number of thioether (sulfide) groups is 1. The molecule has 0 radical (unpaired) electrons. The van der Waals surface area contributed by atoms with Crippen molar-refractivity contribution in [2.45, 2.75) is 29.2 Å². The molecule has 0 aromatic heterocycles. The van der Waals surface area contributed by atoms with Crippen molar-refractivity contribution < 1.29 is 17.9 Å². The number of carbonyl (C=O) groups is 1. The lowest BCUT2D eigenvalue weighted by molar-refractivity contribution is -0.123. The number of rotatable bonds is 5. The second kappa shape index (κ2) is 7.38. The molecular weight excluding hydrogens is 396 g/mol. The average Bonchev–Trinajstić information content (AvgIpc) is 2.60. The summed E-state index contributed by atoms with van der Waals surface area (Å²) in [5.41, 5.74) is 0.791. The third kappa shape index (κ3) is 3.77. The summed E-state index contributed by atoms with van der Waals surface area (Å²) in [5, 5.41) is 2.68. The molecule has 26 heavy (non-hydrogen) atoms. The molecule has 1 amide bonds. The van der Waals surface area contributed by atoms with E-state index in [1.54, 1.807) is 18.2 Å². The minimum absolute atomic E-state index is 0.00359. The SMILES string of the molecule is CCC1Oc2cc(S(=O)(=O)Nc3cccc(SC)c3)c(Cl)cc2NC1=O. The van der Waals surface area contributed by atoms with Crippen LogP contribution in [0.1, 0.15) is 13.3 Å². The third-order valence-electron chi connectivity index (χ3n) is 3.84. The number of nitrogens with one attached hydrogen (secondary N) is 2. The Morgan fingerprint density at radius 2 is 2.08 bits per heavy atom. The van der Waals surface area contributed by atoms with Gasteiger partial charge in [-0.2, -0.15) is 0 Å². The quantitative estimate of drug-likeness (QED) is 0.726.